The smallest absolute Gasteiger partial charge is 0.141 e. The van der Waals surface area contributed by atoms with Crippen molar-refractivity contribution in [3.8, 4) is 5.75 Å². The number of ether oxygens (including phenoxy) is 1. The molecule has 0 amide bonds. The van der Waals surface area contributed by atoms with E-state index in [1.54, 1.807) is 24.3 Å². The third-order valence-electron chi connectivity index (χ3n) is 2.77. The van der Waals surface area contributed by atoms with Gasteiger partial charge in [-0.25, -0.2) is 4.39 Å². The van der Waals surface area contributed by atoms with Crippen LogP contribution in [0.25, 0.3) is 0 Å². The number of aliphatic hydroxyl groups is 1. The van der Waals surface area contributed by atoms with Gasteiger partial charge in [-0.15, -0.1) is 0 Å². The summed E-state index contributed by atoms with van der Waals surface area (Å²) >= 11 is 9.14. The van der Waals surface area contributed by atoms with Crippen molar-refractivity contribution in [3.05, 3.63) is 62.8 Å². The number of hydrogen-bond donors (Lipinski definition) is 1. The van der Waals surface area contributed by atoms with E-state index in [1.165, 1.54) is 19.2 Å². The van der Waals surface area contributed by atoms with Crippen LogP contribution in [-0.2, 0) is 0 Å². The molecule has 1 atom stereocenters. The molecule has 0 aromatic heterocycles. The third kappa shape index (κ3) is 2.91. The summed E-state index contributed by atoms with van der Waals surface area (Å²) in [5.74, 6) is -0.180. The largest absolute Gasteiger partial charge is 0.496 e. The van der Waals surface area contributed by atoms with Crippen molar-refractivity contribution in [3.63, 3.8) is 0 Å². The van der Waals surface area contributed by atoms with Crippen molar-refractivity contribution in [1.29, 1.82) is 0 Å². The van der Waals surface area contributed by atoms with Crippen LogP contribution in [0, 0.1) is 5.82 Å². The Morgan fingerprint density at radius 1 is 1.26 bits per heavy atom. The minimum atomic E-state index is -0.986. The highest BCUT2D eigenvalue weighted by molar-refractivity contribution is 9.10. The van der Waals surface area contributed by atoms with E-state index < -0.39 is 11.9 Å². The summed E-state index contributed by atoms with van der Waals surface area (Å²) in [4.78, 5) is 0. The van der Waals surface area contributed by atoms with Crippen LogP contribution >= 0.6 is 27.5 Å². The van der Waals surface area contributed by atoms with Gasteiger partial charge >= 0.3 is 0 Å². The maximum atomic E-state index is 13.5. The van der Waals surface area contributed by atoms with Crippen LogP contribution in [0.4, 0.5) is 4.39 Å². The zero-order valence-electron chi connectivity index (χ0n) is 10.0. The Morgan fingerprint density at radius 3 is 2.58 bits per heavy atom. The topological polar surface area (TPSA) is 29.5 Å². The van der Waals surface area contributed by atoms with Gasteiger partial charge in [-0.2, -0.15) is 0 Å². The van der Waals surface area contributed by atoms with E-state index in [-0.39, 0.29) is 10.2 Å². The molecule has 0 aliphatic carbocycles. The minimum Gasteiger partial charge on any atom is -0.496 e. The lowest BCUT2D eigenvalue weighted by atomic mass is 10.0. The monoisotopic (exact) mass is 344 g/mol. The van der Waals surface area contributed by atoms with Crippen molar-refractivity contribution in [1.82, 2.24) is 0 Å². The summed E-state index contributed by atoms with van der Waals surface area (Å²) < 4.78 is 18.8. The normalized spacial score (nSPS) is 12.3. The van der Waals surface area contributed by atoms with E-state index in [1.807, 2.05) is 0 Å². The van der Waals surface area contributed by atoms with E-state index >= 15 is 0 Å². The lowest BCUT2D eigenvalue weighted by Gasteiger charge is -2.17. The predicted octanol–water partition coefficient (Wildman–Crippen LogP) is 4.33. The summed E-state index contributed by atoms with van der Waals surface area (Å²) in [6.45, 7) is 0. The standard InChI is InChI=1S/C14H11BrClFO2/c1-19-13-7-12(17)10(15)6-9(13)14(18)8-4-2-3-5-11(8)16/h2-7,14,18H,1H3. The molecule has 0 saturated heterocycles. The first-order valence-electron chi connectivity index (χ1n) is 5.50. The zero-order chi connectivity index (χ0) is 14.0. The van der Waals surface area contributed by atoms with Crippen LogP contribution in [0.15, 0.2) is 40.9 Å². The molecule has 2 aromatic rings. The van der Waals surface area contributed by atoms with Crippen molar-refractivity contribution in [2.75, 3.05) is 7.11 Å². The SMILES string of the molecule is COc1cc(F)c(Br)cc1C(O)c1ccccc1Cl. The van der Waals surface area contributed by atoms with Crippen molar-refractivity contribution < 1.29 is 14.2 Å². The molecule has 0 fully saturated rings. The number of rotatable bonds is 3. The summed E-state index contributed by atoms with van der Waals surface area (Å²) in [6.07, 6.45) is -0.986. The number of halogens is 3. The van der Waals surface area contributed by atoms with Crippen LogP contribution in [0.1, 0.15) is 17.2 Å². The second kappa shape index (κ2) is 5.90. The molecule has 2 aromatic carbocycles. The summed E-state index contributed by atoms with van der Waals surface area (Å²) in [5.41, 5.74) is 0.991. The first-order valence-corrected chi connectivity index (χ1v) is 6.67. The van der Waals surface area contributed by atoms with Gasteiger partial charge in [0.25, 0.3) is 0 Å². The Kier molecular flexibility index (Phi) is 4.45. The first-order chi connectivity index (χ1) is 9.04. The molecule has 5 heteroatoms. The van der Waals surface area contributed by atoms with E-state index in [4.69, 9.17) is 16.3 Å². The highest BCUT2D eigenvalue weighted by Gasteiger charge is 2.19. The van der Waals surface area contributed by atoms with E-state index in [0.29, 0.717) is 16.1 Å². The number of benzene rings is 2. The second-order valence-electron chi connectivity index (χ2n) is 3.93. The van der Waals surface area contributed by atoms with Crippen molar-refractivity contribution in [2.45, 2.75) is 6.10 Å². The van der Waals surface area contributed by atoms with Gasteiger partial charge in [-0.05, 0) is 28.1 Å². The first kappa shape index (κ1) is 14.3. The summed E-state index contributed by atoms with van der Waals surface area (Å²) in [6, 6.07) is 9.66. The molecule has 100 valence electrons. The van der Waals surface area contributed by atoms with Gasteiger partial charge in [0.15, 0.2) is 0 Å². The van der Waals surface area contributed by atoms with Crippen LogP contribution < -0.4 is 4.74 Å². The van der Waals surface area contributed by atoms with Gasteiger partial charge in [0.05, 0.1) is 11.6 Å². The lowest BCUT2D eigenvalue weighted by Crippen LogP contribution is -2.04. The predicted molar refractivity (Wildman–Crippen MR) is 76.2 cm³/mol. The molecule has 0 heterocycles. The number of methoxy groups -OCH3 is 1. The highest BCUT2D eigenvalue weighted by Crippen LogP contribution is 2.36. The molecule has 0 spiro atoms. The molecule has 1 unspecified atom stereocenters. The minimum absolute atomic E-state index is 0.259. The molecular weight excluding hydrogens is 335 g/mol. The van der Waals surface area contributed by atoms with Crippen LogP contribution in [-0.4, -0.2) is 12.2 Å². The lowest BCUT2D eigenvalue weighted by molar-refractivity contribution is 0.214. The average molecular weight is 346 g/mol. The van der Waals surface area contributed by atoms with Gasteiger partial charge in [-0.3, -0.25) is 0 Å². The van der Waals surface area contributed by atoms with Gasteiger partial charge < -0.3 is 9.84 Å². The molecule has 2 rings (SSSR count). The van der Waals surface area contributed by atoms with Crippen molar-refractivity contribution in [2.24, 2.45) is 0 Å². The summed E-state index contributed by atoms with van der Waals surface area (Å²) in [5, 5.41) is 10.8. The second-order valence-corrected chi connectivity index (χ2v) is 5.19. The molecule has 19 heavy (non-hydrogen) atoms. The number of aliphatic hydroxyl groups excluding tert-OH is 1. The Morgan fingerprint density at radius 2 is 1.95 bits per heavy atom. The highest BCUT2D eigenvalue weighted by atomic mass is 79.9. The maximum absolute atomic E-state index is 13.5. The quantitative estimate of drug-likeness (QED) is 0.897. The molecule has 2 nitrogen and oxygen atoms in total. The number of hydrogen-bond acceptors (Lipinski definition) is 2. The fraction of sp³-hybridized carbons (Fsp3) is 0.143. The van der Waals surface area contributed by atoms with Crippen LogP contribution in [0.3, 0.4) is 0 Å². The summed E-state index contributed by atoms with van der Waals surface area (Å²) in [7, 11) is 1.42. The Bertz CT molecular complexity index is 604. The Labute approximate surface area is 123 Å². The molecule has 0 aliphatic rings. The molecule has 1 N–H and O–H groups in total. The third-order valence-corrected chi connectivity index (χ3v) is 3.72. The molecule has 0 saturated carbocycles. The fourth-order valence-electron chi connectivity index (χ4n) is 1.80. The van der Waals surface area contributed by atoms with Gasteiger partial charge in [0, 0.05) is 22.2 Å². The van der Waals surface area contributed by atoms with Gasteiger partial charge in [-0.1, -0.05) is 29.8 Å². The molecular formula is C14H11BrClFO2. The molecule has 0 bridgehead atoms. The van der Waals surface area contributed by atoms with E-state index in [2.05, 4.69) is 15.9 Å². The fourth-order valence-corrected chi connectivity index (χ4v) is 2.40. The Hall–Kier alpha value is -1.10. The zero-order valence-corrected chi connectivity index (χ0v) is 12.4. The van der Waals surface area contributed by atoms with E-state index in [9.17, 15) is 9.50 Å². The molecule has 0 radical (unpaired) electrons. The van der Waals surface area contributed by atoms with E-state index in [0.717, 1.165) is 0 Å². The van der Waals surface area contributed by atoms with Gasteiger partial charge in [0.1, 0.15) is 17.7 Å². The maximum Gasteiger partial charge on any atom is 0.141 e. The van der Waals surface area contributed by atoms with Crippen LogP contribution in [0.2, 0.25) is 5.02 Å². The molecule has 0 aliphatic heterocycles. The average Bonchev–Trinajstić information content (AvgIpc) is 2.41. The van der Waals surface area contributed by atoms with Gasteiger partial charge in [0.2, 0.25) is 0 Å². The van der Waals surface area contributed by atoms with Crippen LogP contribution in [0.5, 0.6) is 5.75 Å². The Balaban J connectivity index is 2.52. The van der Waals surface area contributed by atoms with Crippen molar-refractivity contribution >= 4 is 27.5 Å².